The van der Waals surface area contributed by atoms with Gasteiger partial charge in [0.05, 0.1) is 5.75 Å². The largest absolute Gasteiger partial charge is 0.254 e. The number of hydrogen-bond donors (Lipinski definition) is 1. The van der Waals surface area contributed by atoms with Crippen LogP contribution in [0.3, 0.4) is 0 Å². The third-order valence-corrected chi connectivity index (χ3v) is 7.33. The van der Waals surface area contributed by atoms with Crippen molar-refractivity contribution in [2.45, 2.75) is 34.7 Å². The fourth-order valence-electron chi connectivity index (χ4n) is 2.41. The second-order valence-electron chi connectivity index (χ2n) is 5.54. The molecule has 1 aromatic carbocycles. The van der Waals surface area contributed by atoms with E-state index < -0.39 is 0 Å². The number of aromatic amines is 1. The van der Waals surface area contributed by atoms with E-state index in [2.05, 4.69) is 57.1 Å². The highest BCUT2D eigenvalue weighted by atomic mass is 79.9. The normalized spacial score (nSPS) is 11.3. The summed E-state index contributed by atoms with van der Waals surface area (Å²) in [5, 5.41) is 9.60. The summed E-state index contributed by atoms with van der Waals surface area (Å²) in [6, 6.07) is 8.28. The van der Waals surface area contributed by atoms with Crippen LogP contribution in [0.4, 0.5) is 0 Å². The van der Waals surface area contributed by atoms with E-state index in [-0.39, 0.29) is 0 Å². The van der Waals surface area contributed by atoms with E-state index in [4.69, 9.17) is 9.97 Å². The molecule has 3 aromatic heterocycles. The van der Waals surface area contributed by atoms with Gasteiger partial charge < -0.3 is 0 Å². The first-order chi connectivity index (χ1) is 12.6. The second kappa shape index (κ2) is 7.67. The van der Waals surface area contributed by atoms with Gasteiger partial charge in [-0.25, -0.2) is 15.0 Å². The Morgan fingerprint density at radius 2 is 1.96 bits per heavy atom. The van der Waals surface area contributed by atoms with Crippen molar-refractivity contribution >= 4 is 61.0 Å². The number of thioether (sulfide) groups is 1. The van der Waals surface area contributed by atoms with Crippen molar-refractivity contribution < 1.29 is 0 Å². The minimum Gasteiger partial charge on any atom is -0.254 e. The maximum atomic E-state index is 4.82. The topological polar surface area (TPSA) is 67.3 Å². The molecule has 132 valence electrons. The van der Waals surface area contributed by atoms with Crippen molar-refractivity contribution in [3.05, 3.63) is 51.3 Å². The molecule has 0 bridgehead atoms. The average Bonchev–Trinajstić information content (AvgIpc) is 3.23. The molecule has 0 unspecified atom stereocenters. The summed E-state index contributed by atoms with van der Waals surface area (Å²) in [4.78, 5) is 17.3. The van der Waals surface area contributed by atoms with Gasteiger partial charge in [0.15, 0.2) is 5.16 Å². The van der Waals surface area contributed by atoms with Crippen LogP contribution in [0.25, 0.3) is 10.2 Å². The summed E-state index contributed by atoms with van der Waals surface area (Å²) in [6.07, 6.45) is 1.51. The molecule has 5 nitrogen and oxygen atoms in total. The Labute approximate surface area is 171 Å². The Balaban J connectivity index is 1.67. The monoisotopic (exact) mass is 463 g/mol. The van der Waals surface area contributed by atoms with Crippen molar-refractivity contribution in [3.8, 4) is 0 Å². The number of aromatic nitrogens is 5. The second-order valence-corrected chi connectivity index (χ2v) is 9.69. The van der Waals surface area contributed by atoms with E-state index in [9.17, 15) is 0 Å². The molecule has 0 spiro atoms. The quantitative estimate of drug-likeness (QED) is 0.305. The van der Waals surface area contributed by atoms with Gasteiger partial charge in [0, 0.05) is 19.6 Å². The molecule has 3 heterocycles. The third kappa shape index (κ3) is 3.80. The third-order valence-electron chi connectivity index (χ3n) is 3.81. The van der Waals surface area contributed by atoms with Crippen LogP contribution in [0.15, 0.2) is 50.1 Å². The molecule has 4 rings (SSSR count). The summed E-state index contributed by atoms with van der Waals surface area (Å²) in [5.41, 5.74) is 1.24. The molecular formula is C17H14BrN5S3. The zero-order chi connectivity index (χ0) is 18.1. The fourth-order valence-corrected chi connectivity index (χ4v) is 5.42. The predicted octanol–water partition coefficient (Wildman–Crippen LogP) is 5.63. The molecule has 9 heteroatoms. The van der Waals surface area contributed by atoms with Crippen LogP contribution in [-0.4, -0.2) is 25.1 Å². The Kier molecular flexibility index (Phi) is 5.30. The number of benzene rings is 1. The molecule has 1 N–H and O–H groups in total. The Morgan fingerprint density at radius 3 is 2.69 bits per heavy atom. The molecule has 0 fully saturated rings. The van der Waals surface area contributed by atoms with E-state index in [0.29, 0.717) is 0 Å². The van der Waals surface area contributed by atoms with E-state index >= 15 is 0 Å². The summed E-state index contributed by atoms with van der Waals surface area (Å²) < 4.78 is 1.08. The average molecular weight is 464 g/mol. The van der Waals surface area contributed by atoms with Crippen LogP contribution >= 0.6 is 50.8 Å². The number of halogens is 1. The van der Waals surface area contributed by atoms with Gasteiger partial charge in [-0.05, 0) is 55.4 Å². The molecular weight excluding hydrogens is 450 g/mol. The first-order valence-electron chi connectivity index (χ1n) is 7.78. The van der Waals surface area contributed by atoms with Crippen LogP contribution < -0.4 is 0 Å². The molecule has 0 aliphatic rings. The highest BCUT2D eigenvalue weighted by molar-refractivity contribution is 9.10. The molecule has 0 aliphatic heterocycles. The maximum Gasteiger partial charge on any atom is 0.189 e. The maximum absolute atomic E-state index is 4.82. The van der Waals surface area contributed by atoms with E-state index in [1.54, 1.807) is 23.1 Å². The minimum atomic E-state index is 0.720. The predicted molar refractivity (Wildman–Crippen MR) is 111 cm³/mol. The lowest BCUT2D eigenvalue weighted by molar-refractivity contribution is 0.956. The molecule has 0 saturated carbocycles. The van der Waals surface area contributed by atoms with Crippen LogP contribution in [0.1, 0.15) is 16.3 Å². The number of fused-ring (bicyclic) bond motifs is 1. The summed E-state index contributed by atoms with van der Waals surface area (Å²) in [7, 11) is 0. The number of rotatable bonds is 5. The van der Waals surface area contributed by atoms with Gasteiger partial charge in [-0.15, -0.1) is 23.1 Å². The van der Waals surface area contributed by atoms with Crippen molar-refractivity contribution in [2.24, 2.45) is 0 Å². The molecule has 0 amide bonds. The Hall–Kier alpha value is -1.42. The lowest BCUT2D eigenvalue weighted by Gasteiger charge is -2.06. The van der Waals surface area contributed by atoms with Crippen LogP contribution in [0.2, 0.25) is 0 Å². The van der Waals surface area contributed by atoms with E-state index in [1.165, 1.54) is 33.4 Å². The van der Waals surface area contributed by atoms with Crippen molar-refractivity contribution in [1.82, 2.24) is 25.1 Å². The molecule has 0 radical (unpaired) electrons. The minimum absolute atomic E-state index is 0.720. The van der Waals surface area contributed by atoms with Crippen LogP contribution in [0, 0.1) is 13.8 Å². The molecule has 0 aliphatic carbocycles. The smallest absolute Gasteiger partial charge is 0.189 e. The van der Waals surface area contributed by atoms with Gasteiger partial charge in [-0.2, -0.15) is 5.10 Å². The number of hydrogen-bond acceptors (Lipinski definition) is 7. The zero-order valence-electron chi connectivity index (χ0n) is 14.0. The number of nitrogens with zero attached hydrogens (tertiary/aromatic N) is 4. The summed E-state index contributed by atoms with van der Waals surface area (Å²) in [6.45, 7) is 4.25. The lowest BCUT2D eigenvalue weighted by atomic mass is 10.2. The van der Waals surface area contributed by atoms with Gasteiger partial charge in [-0.3, -0.25) is 5.10 Å². The van der Waals surface area contributed by atoms with Gasteiger partial charge >= 0.3 is 0 Å². The molecule has 26 heavy (non-hydrogen) atoms. The summed E-state index contributed by atoms with van der Waals surface area (Å²) >= 11 is 8.42. The molecule has 4 aromatic rings. The Morgan fingerprint density at radius 1 is 1.15 bits per heavy atom. The van der Waals surface area contributed by atoms with E-state index in [1.807, 2.05) is 12.1 Å². The van der Waals surface area contributed by atoms with Crippen molar-refractivity contribution in [2.75, 3.05) is 0 Å². The molecule has 0 saturated heterocycles. The van der Waals surface area contributed by atoms with Gasteiger partial charge in [0.1, 0.15) is 22.0 Å². The first-order valence-corrected chi connectivity index (χ1v) is 11.2. The number of thiophene rings is 1. The van der Waals surface area contributed by atoms with Crippen LogP contribution in [-0.2, 0) is 5.75 Å². The number of aryl methyl sites for hydroxylation is 2. The van der Waals surface area contributed by atoms with Gasteiger partial charge in [-0.1, -0.05) is 15.9 Å². The van der Waals surface area contributed by atoms with Gasteiger partial charge in [0.2, 0.25) is 0 Å². The van der Waals surface area contributed by atoms with Crippen molar-refractivity contribution in [3.63, 3.8) is 0 Å². The summed E-state index contributed by atoms with van der Waals surface area (Å²) in [5.74, 6) is 1.55. The standard InChI is InChI=1S/C17H14BrN5S3/c1-9-10(2)25-15-14(9)16(26-17-19-8-20-23-17)22-13(21-15)7-24-12-5-3-11(18)4-6-12/h3-6,8H,7H2,1-2H3,(H,19,20,23). The highest BCUT2D eigenvalue weighted by Gasteiger charge is 2.16. The lowest BCUT2D eigenvalue weighted by Crippen LogP contribution is -1.96. The van der Waals surface area contributed by atoms with Crippen LogP contribution in [0.5, 0.6) is 0 Å². The fraction of sp³-hybridized carbons (Fsp3) is 0.176. The number of nitrogens with one attached hydrogen (secondary N) is 1. The first kappa shape index (κ1) is 18.0. The van der Waals surface area contributed by atoms with E-state index in [0.717, 1.165) is 36.4 Å². The van der Waals surface area contributed by atoms with Crippen molar-refractivity contribution in [1.29, 1.82) is 0 Å². The molecule has 0 atom stereocenters. The zero-order valence-corrected chi connectivity index (χ0v) is 18.0. The number of H-pyrrole nitrogens is 1. The highest BCUT2D eigenvalue weighted by Crippen LogP contribution is 2.37. The SMILES string of the molecule is Cc1sc2nc(CSc3ccc(Br)cc3)nc(Sc3ncn[nH]3)c2c1C. The Bertz CT molecular complexity index is 1040. The van der Waals surface area contributed by atoms with Gasteiger partial charge in [0.25, 0.3) is 0 Å².